The van der Waals surface area contributed by atoms with E-state index in [1.807, 2.05) is 0 Å². The molecular formula is C12H10F2N2O2. The van der Waals surface area contributed by atoms with Gasteiger partial charge in [-0.1, -0.05) is 12.1 Å². The molecule has 0 amide bonds. The van der Waals surface area contributed by atoms with Gasteiger partial charge >= 0.3 is 6.61 Å². The molecule has 4 nitrogen and oxygen atoms in total. The van der Waals surface area contributed by atoms with Crippen LogP contribution in [-0.2, 0) is 7.05 Å². The summed E-state index contributed by atoms with van der Waals surface area (Å²) < 4.78 is 29.9. The minimum atomic E-state index is -2.91. The van der Waals surface area contributed by atoms with Crippen molar-refractivity contribution in [3.63, 3.8) is 0 Å². The SMILES string of the molecule is Cn1ccnc1C(=O)c1cccc(OC(F)F)c1. The van der Waals surface area contributed by atoms with Crippen molar-refractivity contribution >= 4 is 5.78 Å². The zero-order valence-electron chi connectivity index (χ0n) is 9.51. The molecule has 0 spiro atoms. The van der Waals surface area contributed by atoms with Crippen molar-refractivity contribution in [2.24, 2.45) is 7.05 Å². The number of benzene rings is 1. The molecule has 0 atom stereocenters. The van der Waals surface area contributed by atoms with Gasteiger partial charge in [0.2, 0.25) is 5.78 Å². The summed E-state index contributed by atoms with van der Waals surface area (Å²) in [6, 6.07) is 5.63. The number of halogens is 2. The molecule has 18 heavy (non-hydrogen) atoms. The Bertz CT molecular complexity index is 567. The molecule has 1 aromatic heterocycles. The minimum Gasteiger partial charge on any atom is -0.435 e. The number of carbonyl (C=O) groups is 1. The van der Waals surface area contributed by atoms with Crippen LogP contribution < -0.4 is 4.74 Å². The summed E-state index contributed by atoms with van der Waals surface area (Å²) in [7, 11) is 1.68. The molecule has 94 valence electrons. The summed E-state index contributed by atoms with van der Waals surface area (Å²) in [5.74, 6) is -0.156. The van der Waals surface area contributed by atoms with Gasteiger partial charge in [0, 0.05) is 25.0 Å². The van der Waals surface area contributed by atoms with Crippen molar-refractivity contribution in [3.8, 4) is 5.75 Å². The molecule has 1 aromatic carbocycles. The average molecular weight is 252 g/mol. The lowest BCUT2D eigenvalue weighted by atomic mass is 10.1. The number of imidazole rings is 1. The highest BCUT2D eigenvalue weighted by Crippen LogP contribution is 2.17. The fourth-order valence-corrected chi connectivity index (χ4v) is 1.53. The lowest BCUT2D eigenvalue weighted by molar-refractivity contribution is -0.0498. The number of hydrogen-bond donors (Lipinski definition) is 0. The number of alkyl halides is 2. The van der Waals surface area contributed by atoms with Gasteiger partial charge in [0.1, 0.15) is 5.75 Å². The predicted molar refractivity (Wildman–Crippen MR) is 59.7 cm³/mol. The van der Waals surface area contributed by atoms with Crippen molar-refractivity contribution in [2.75, 3.05) is 0 Å². The van der Waals surface area contributed by atoms with E-state index in [2.05, 4.69) is 9.72 Å². The summed E-state index contributed by atoms with van der Waals surface area (Å²) in [4.78, 5) is 15.9. The topological polar surface area (TPSA) is 44.1 Å². The van der Waals surface area contributed by atoms with Crippen LogP contribution in [-0.4, -0.2) is 21.9 Å². The van der Waals surface area contributed by atoms with E-state index in [1.54, 1.807) is 17.8 Å². The Kier molecular flexibility index (Phi) is 3.36. The summed E-state index contributed by atoms with van der Waals surface area (Å²) >= 11 is 0. The highest BCUT2D eigenvalue weighted by molar-refractivity contribution is 6.06. The van der Waals surface area contributed by atoms with E-state index in [4.69, 9.17) is 0 Å². The molecule has 0 aliphatic rings. The molecule has 0 N–H and O–H groups in total. The standard InChI is InChI=1S/C12H10F2N2O2/c1-16-6-5-15-11(16)10(17)8-3-2-4-9(7-8)18-12(13)14/h2-7,12H,1H3. The highest BCUT2D eigenvalue weighted by Gasteiger charge is 2.15. The van der Waals surface area contributed by atoms with Crippen LogP contribution in [0.2, 0.25) is 0 Å². The monoisotopic (exact) mass is 252 g/mol. The van der Waals surface area contributed by atoms with Gasteiger partial charge in [-0.15, -0.1) is 0 Å². The van der Waals surface area contributed by atoms with Gasteiger partial charge in [-0.05, 0) is 12.1 Å². The smallest absolute Gasteiger partial charge is 0.387 e. The van der Waals surface area contributed by atoms with Crippen LogP contribution >= 0.6 is 0 Å². The lowest BCUT2D eigenvalue weighted by Crippen LogP contribution is -2.09. The van der Waals surface area contributed by atoms with Crippen LogP contribution in [0, 0.1) is 0 Å². The molecule has 2 aromatic rings. The molecule has 2 rings (SSSR count). The van der Waals surface area contributed by atoms with Gasteiger partial charge in [-0.2, -0.15) is 8.78 Å². The summed E-state index contributed by atoms with van der Waals surface area (Å²) in [5.41, 5.74) is 0.252. The summed E-state index contributed by atoms with van der Waals surface area (Å²) in [6.07, 6.45) is 3.12. The number of nitrogens with zero attached hydrogens (tertiary/aromatic N) is 2. The molecule has 0 radical (unpaired) electrons. The molecule has 0 fully saturated rings. The van der Waals surface area contributed by atoms with Gasteiger partial charge in [0.25, 0.3) is 0 Å². The molecule has 0 aliphatic carbocycles. The Morgan fingerprint density at radius 3 is 2.83 bits per heavy atom. The first kappa shape index (κ1) is 12.2. The Morgan fingerprint density at radius 2 is 2.22 bits per heavy atom. The summed E-state index contributed by atoms with van der Waals surface area (Å²) in [6.45, 7) is -2.91. The second-order valence-electron chi connectivity index (χ2n) is 3.60. The fraction of sp³-hybridized carbons (Fsp3) is 0.167. The van der Waals surface area contributed by atoms with Gasteiger partial charge in [-0.3, -0.25) is 4.79 Å². The van der Waals surface area contributed by atoms with E-state index in [0.717, 1.165) is 0 Å². The largest absolute Gasteiger partial charge is 0.435 e. The van der Waals surface area contributed by atoms with E-state index in [9.17, 15) is 13.6 Å². The molecule has 0 saturated carbocycles. The Hall–Kier alpha value is -2.24. The molecule has 0 aliphatic heterocycles. The Labute approximate surface area is 102 Å². The Balaban J connectivity index is 2.29. The first-order valence-corrected chi connectivity index (χ1v) is 5.15. The van der Waals surface area contributed by atoms with Crippen LogP contribution in [0.4, 0.5) is 8.78 Å². The maximum Gasteiger partial charge on any atom is 0.387 e. The van der Waals surface area contributed by atoms with Crippen LogP contribution in [0.3, 0.4) is 0 Å². The van der Waals surface area contributed by atoms with E-state index in [-0.39, 0.29) is 22.9 Å². The van der Waals surface area contributed by atoms with Crippen molar-refractivity contribution in [3.05, 3.63) is 48.0 Å². The maximum atomic E-state index is 12.1. The summed E-state index contributed by atoms with van der Waals surface area (Å²) in [5, 5.41) is 0. The quantitative estimate of drug-likeness (QED) is 0.784. The third-order valence-corrected chi connectivity index (χ3v) is 2.35. The Morgan fingerprint density at radius 1 is 1.44 bits per heavy atom. The second kappa shape index (κ2) is 4.95. The van der Waals surface area contributed by atoms with Crippen LogP contribution in [0.15, 0.2) is 36.7 Å². The molecule has 0 saturated heterocycles. The third kappa shape index (κ3) is 2.53. The number of ketones is 1. The number of rotatable bonds is 4. The van der Waals surface area contributed by atoms with Crippen molar-refractivity contribution in [1.82, 2.24) is 9.55 Å². The van der Waals surface area contributed by atoms with Gasteiger partial charge < -0.3 is 9.30 Å². The number of ether oxygens (including phenoxy) is 1. The van der Waals surface area contributed by atoms with Crippen LogP contribution in [0.25, 0.3) is 0 Å². The highest BCUT2D eigenvalue weighted by atomic mass is 19.3. The molecule has 1 heterocycles. The number of hydrogen-bond acceptors (Lipinski definition) is 3. The van der Waals surface area contributed by atoms with E-state index in [0.29, 0.717) is 0 Å². The fourth-order valence-electron chi connectivity index (χ4n) is 1.53. The van der Waals surface area contributed by atoms with Crippen molar-refractivity contribution in [2.45, 2.75) is 6.61 Å². The third-order valence-electron chi connectivity index (χ3n) is 2.35. The zero-order valence-corrected chi connectivity index (χ0v) is 9.51. The number of aryl methyl sites for hydroxylation is 1. The van der Waals surface area contributed by atoms with Crippen LogP contribution in [0.5, 0.6) is 5.75 Å². The molecule has 0 unspecified atom stereocenters. The first-order valence-electron chi connectivity index (χ1n) is 5.15. The lowest BCUT2D eigenvalue weighted by Gasteiger charge is -2.06. The second-order valence-corrected chi connectivity index (χ2v) is 3.60. The normalized spacial score (nSPS) is 10.7. The number of aromatic nitrogens is 2. The van der Waals surface area contributed by atoms with Crippen LogP contribution in [0.1, 0.15) is 16.2 Å². The van der Waals surface area contributed by atoms with Crippen molar-refractivity contribution in [1.29, 1.82) is 0 Å². The van der Waals surface area contributed by atoms with Gasteiger partial charge in [0.15, 0.2) is 5.82 Å². The minimum absolute atomic E-state index is 0.0509. The van der Waals surface area contributed by atoms with E-state index >= 15 is 0 Å². The predicted octanol–water partition coefficient (Wildman–Crippen LogP) is 2.25. The maximum absolute atomic E-state index is 12.1. The van der Waals surface area contributed by atoms with E-state index in [1.165, 1.54) is 30.5 Å². The van der Waals surface area contributed by atoms with Gasteiger partial charge in [-0.25, -0.2) is 4.98 Å². The molecule has 6 heteroatoms. The zero-order chi connectivity index (χ0) is 13.1. The first-order chi connectivity index (χ1) is 8.58. The number of carbonyl (C=O) groups excluding carboxylic acids is 1. The van der Waals surface area contributed by atoms with Crippen molar-refractivity contribution < 1.29 is 18.3 Å². The molecule has 0 bridgehead atoms. The average Bonchev–Trinajstić information content (AvgIpc) is 2.74. The molecular weight excluding hydrogens is 242 g/mol. The van der Waals surface area contributed by atoms with Gasteiger partial charge in [0.05, 0.1) is 0 Å². The van der Waals surface area contributed by atoms with E-state index < -0.39 is 6.61 Å².